The molecule has 2 nitrogen and oxygen atoms in total. The molecule has 96 valence electrons. The first-order valence-corrected chi connectivity index (χ1v) is 6.42. The molecule has 0 saturated heterocycles. The predicted octanol–water partition coefficient (Wildman–Crippen LogP) is 2.63. The van der Waals surface area contributed by atoms with Crippen LogP contribution >= 0.6 is 12.6 Å². The SMILES string of the molecule is COc1ccc(CCN(C)CCCS)cc1F. The third-order valence-corrected chi connectivity index (χ3v) is 3.01. The van der Waals surface area contributed by atoms with Crippen LogP contribution in [0.2, 0.25) is 0 Å². The van der Waals surface area contributed by atoms with Crippen LogP contribution < -0.4 is 4.74 Å². The van der Waals surface area contributed by atoms with Gasteiger partial charge in [0.1, 0.15) is 0 Å². The van der Waals surface area contributed by atoms with Crippen molar-refractivity contribution >= 4 is 12.6 Å². The van der Waals surface area contributed by atoms with E-state index in [-0.39, 0.29) is 5.82 Å². The van der Waals surface area contributed by atoms with Crippen molar-refractivity contribution in [1.29, 1.82) is 0 Å². The van der Waals surface area contributed by atoms with Crippen molar-refractivity contribution in [1.82, 2.24) is 4.90 Å². The molecule has 1 rings (SSSR count). The van der Waals surface area contributed by atoms with E-state index in [4.69, 9.17) is 4.74 Å². The molecule has 0 fully saturated rings. The molecule has 0 saturated carbocycles. The molecule has 0 radical (unpaired) electrons. The fraction of sp³-hybridized carbons (Fsp3) is 0.538. The van der Waals surface area contributed by atoms with Crippen molar-refractivity contribution in [3.05, 3.63) is 29.6 Å². The summed E-state index contributed by atoms with van der Waals surface area (Å²) in [5, 5.41) is 0. The second-order valence-electron chi connectivity index (χ2n) is 4.10. The molecule has 0 spiro atoms. The molecule has 0 bridgehead atoms. The maximum atomic E-state index is 13.4. The molecule has 0 amide bonds. The third kappa shape index (κ3) is 4.96. The van der Waals surface area contributed by atoms with Crippen molar-refractivity contribution in [3.8, 4) is 5.75 Å². The van der Waals surface area contributed by atoms with Crippen molar-refractivity contribution < 1.29 is 9.13 Å². The summed E-state index contributed by atoms with van der Waals surface area (Å²) in [6.45, 7) is 1.96. The second kappa shape index (κ2) is 7.56. The summed E-state index contributed by atoms with van der Waals surface area (Å²) in [7, 11) is 3.55. The van der Waals surface area contributed by atoms with E-state index in [1.807, 2.05) is 6.07 Å². The zero-order valence-corrected chi connectivity index (χ0v) is 11.3. The molecule has 0 atom stereocenters. The van der Waals surface area contributed by atoms with Crippen LogP contribution in [0.4, 0.5) is 4.39 Å². The molecule has 4 heteroatoms. The number of hydrogen-bond donors (Lipinski definition) is 1. The number of thiol groups is 1. The minimum atomic E-state index is -0.289. The Morgan fingerprint density at radius 1 is 1.35 bits per heavy atom. The minimum absolute atomic E-state index is 0.289. The van der Waals surface area contributed by atoms with Crippen LogP contribution in [-0.4, -0.2) is 37.9 Å². The Labute approximate surface area is 108 Å². The lowest BCUT2D eigenvalue weighted by Crippen LogP contribution is -2.22. The molecule has 0 aliphatic heterocycles. The van der Waals surface area contributed by atoms with Crippen LogP contribution in [-0.2, 0) is 6.42 Å². The number of rotatable bonds is 7. The number of ether oxygens (including phenoxy) is 1. The van der Waals surface area contributed by atoms with Crippen LogP contribution in [0.5, 0.6) is 5.75 Å². The Morgan fingerprint density at radius 2 is 2.12 bits per heavy atom. The van der Waals surface area contributed by atoms with Crippen LogP contribution in [0.25, 0.3) is 0 Å². The summed E-state index contributed by atoms with van der Waals surface area (Å²) < 4.78 is 18.3. The molecule has 0 N–H and O–H groups in total. The Hall–Kier alpha value is -0.740. The first-order valence-electron chi connectivity index (χ1n) is 5.79. The highest BCUT2D eigenvalue weighted by atomic mass is 32.1. The van der Waals surface area contributed by atoms with Gasteiger partial charge in [-0.05, 0) is 49.9 Å². The molecule has 1 aromatic carbocycles. The highest BCUT2D eigenvalue weighted by molar-refractivity contribution is 7.80. The van der Waals surface area contributed by atoms with E-state index in [0.29, 0.717) is 5.75 Å². The number of hydrogen-bond acceptors (Lipinski definition) is 3. The Balaban J connectivity index is 2.44. The van der Waals surface area contributed by atoms with E-state index >= 15 is 0 Å². The van der Waals surface area contributed by atoms with Gasteiger partial charge in [-0.3, -0.25) is 0 Å². The molecular weight excluding hydrogens is 237 g/mol. The van der Waals surface area contributed by atoms with Gasteiger partial charge < -0.3 is 9.64 Å². The molecule has 1 aromatic rings. The van der Waals surface area contributed by atoms with Crippen molar-refractivity contribution in [3.63, 3.8) is 0 Å². The molecule has 0 aliphatic rings. The zero-order chi connectivity index (χ0) is 12.7. The lowest BCUT2D eigenvalue weighted by Gasteiger charge is -2.15. The van der Waals surface area contributed by atoms with Gasteiger partial charge in [0.2, 0.25) is 0 Å². The topological polar surface area (TPSA) is 12.5 Å². The number of nitrogens with zero attached hydrogens (tertiary/aromatic N) is 1. The summed E-state index contributed by atoms with van der Waals surface area (Å²) in [6, 6.07) is 5.14. The lowest BCUT2D eigenvalue weighted by molar-refractivity contribution is 0.339. The number of likely N-dealkylation sites (N-methyl/N-ethyl adjacent to an activating group) is 1. The van der Waals surface area contributed by atoms with E-state index < -0.39 is 0 Å². The summed E-state index contributed by atoms with van der Waals surface area (Å²) in [6.07, 6.45) is 1.93. The fourth-order valence-corrected chi connectivity index (χ4v) is 1.78. The predicted molar refractivity (Wildman–Crippen MR) is 72.6 cm³/mol. The van der Waals surface area contributed by atoms with E-state index in [9.17, 15) is 4.39 Å². The number of halogens is 1. The van der Waals surface area contributed by atoms with Gasteiger partial charge in [-0.15, -0.1) is 0 Å². The van der Waals surface area contributed by atoms with Gasteiger partial charge in [-0.1, -0.05) is 6.07 Å². The second-order valence-corrected chi connectivity index (χ2v) is 4.55. The standard InChI is InChI=1S/C13H20FNOS/c1-15(7-3-9-17)8-6-11-4-5-13(16-2)12(14)10-11/h4-5,10,17H,3,6-9H2,1-2H3. The lowest BCUT2D eigenvalue weighted by atomic mass is 10.1. The van der Waals surface area contributed by atoms with Crippen molar-refractivity contribution in [2.24, 2.45) is 0 Å². The number of methoxy groups -OCH3 is 1. The molecule has 0 heterocycles. The quantitative estimate of drug-likeness (QED) is 0.754. The smallest absolute Gasteiger partial charge is 0.165 e. The highest BCUT2D eigenvalue weighted by Crippen LogP contribution is 2.17. The summed E-state index contributed by atoms with van der Waals surface area (Å²) >= 11 is 4.18. The van der Waals surface area contributed by atoms with Gasteiger partial charge in [0.15, 0.2) is 11.6 Å². The van der Waals surface area contributed by atoms with E-state index in [0.717, 1.165) is 37.2 Å². The van der Waals surface area contributed by atoms with E-state index in [1.54, 1.807) is 12.1 Å². The molecule has 0 unspecified atom stereocenters. The fourth-order valence-electron chi connectivity index (χ4n) is 1.64. The summed E-state index contributed by atoms with van der Waals surface area (Å²) in [4.78, 5) is 2.23. The highest BCUT2D eigenvalue weighted by Gasteiger charge is 2.04. The van der Waals surface area contributed by atoms with E-state index in [1.165, 1.54) is 7.11 Å². The monoisotopic (exact) mass is 257 g/mol. The maximum Gasteiger partial charge on any atom is 0.165 e. The average molecular weight is 257 g/mol. The summed E-state index contributed by atoms with van der Waals surface area (Å²) in [5.74, 6) is 0.918. The zero-order valence-electron chi connectivity index (χ0n) is 10.4. The summed E-state index contributed by atoms with van der Waals surface area (Å²) in [5.41, 5.74) is 1.00. The van der Waals surface area contributed by atoms with Crippen LogP contribution in [0.15, 0.2) is 18.2 Å². The Morgan fingerprint density at radius 3 is 2.71 bits per heavy atom. The number of benzene rings is 1. The van der Waals surface area contributed by atoms with Crippen molar-refractivity contribution in [2.75, 3.05) is 33.0 Å². The van der Waals surface area contributed by atoms with Gasteiger partial charge in [0.05, 0.1) is 7.11 Å². The van der Waals surface area contributed by atoms with Crippen LogP contribution in [0.3, 0.4) is 0 Å². The van der Waals surface area contributed by atoms with Crippen LogP contribution in [0.1, 0.15) is 12.0 Å². The largest absolute Gasteiger partial charge is 0.494 e. The van der Waals surface area contributed by atoms with Gasteiger partial charge >= 0.3 is 0 Å². The van der Waals surface area contributed by atoms with Gasteiger partial charge in [-0.2, -0.15) is 12.6 Å². The average Bonchev–Trinajstić information content (AvgIpc) is 2.34. The Bertz CT molecular complexity index is 346. The molecular formula is C13H20FNOS. The van der Waals surface area contributed by atoms with Crippen LogP contribution in [0, 0.1) is 5.82 Å². The van der Waals surface area contributed by atoms with Gasteiger partial charge in [0, 0.05) is 6.54 Å². The normalized spacial score (nSPS) is 10.9. The Kier molecular flexibility index (Phi) is 6.37. The first kappa shape index (κ1) is 14.3. The maximum absolute atomic E-state index is 13.4. The molecule has 0 aliphatic carbocycles. The van der Waals surface area contributed by atoms with Gasteiger partial charge in [0.25, 0.3) is 0 Å². The third-order valence-electron chi connectivity index (χ3n) is 2.70. The first-order chi connectivity index (χ1) is 8.17. The van der Waals surface area contributed by atoms with E-state index in [2.05, 4.69) is 24.6 Å². The minimum Gasteiger partial charge on any atom is -0.494 e. The molecule has 17 heavy (non-hydrogen) atoms. The van der Waals surface area contributed by atoms with Crippen molar-refractivity contribution in [2.45, 2.75) is 12.8 Å². The van der Waals surface area contributed by atoms with Gasteiger partial charge in [-0.25, -0.2) is 4.39 Å². The molecule has 0 aromatic heterocycles.